The number of ether oxygens (including phenoxy) is 1. The molecule has 2 heterocycles. The van der Waals surface area contributed by atoms with E-state index in [4.69, 9.17) is 15.6 Å². The average Bonchev–Trinajstić information content (AvgIpc) is 2.89. The molecule has 0 aliphatic heterocycles. The number of imidazole rings is 1. The lowest BCUT2D eigenvalue weighted by molar-refractivity contribution is 0.297. The quantitative estimate of drug-likeness (QED) is 0.659. The predicted molar refractivity (Wildman–Crippen MR) is 73.4 cm³/mol. The van der Waals surface area contributed by atoms with Crippen molar-refractivity contribution in [1.82, 2.24) is 19.9 Å². The summed E-state index contributed by atoms with van der Waals surface area (Å²) in [4.78, 5) is 15.0. The number of para-hydroxylation sites is 1. The van der Waals surface area contributed by atoms with E-state index in [-0.39, 0.29) is 12.6 Å². The molecule has 3 aromatic rings. The summed E-state index contributed by atoms with van der Waals surface area (Å²) in [5.74, 6) is 1.03. The van der Waals surface area contributed by atoms with E-state index in [0.717, 1.165) is 5.56 Å². The second kappa shape index (κ2) is 5.14. The van der Waals surface area contributed by atoms with Gasteiger partial charge in [-0.3, -0.25) is 0 Å². The van der Waals surface area contributed by atoms with Crippen LogP contribution in [0.2, 0.25) is 0 Å². The third-order valence-electron chi connectivity index (χ3n) is 2.83. The third-order valence-corrected chi connectivity index (χ3v) is 2.83. The first kappa shape index (κ1) is 12.4. The maximum atomic E-state index is 9.08. The highest BCUT2D eigenvalue weighted by atomic mass is 16.5. The molecule has 0 saturated heterocycles. The van der Waals surface area contributed by atoms with Crippen LogP contribution >= 0.6 is 0 Å². The molecule has 0 fully saturated rings. The number of aliphatic hydroxyl groups is 1. The first-order valence-electron chi connectivity index (χ1n) is 6.11. The largest absolute Gasteiger partial charge is 0.437 e. The highest BCUT2D eigenvalue weighted by molar-refractivity contribution is 5.77. The van der Waals surface area contributed by atoms with E-state index in [9.17, 15) is 0 Å². The van der Waals surface area contributed by atoms with Gasteiger partial charge in [0.2, 0.25) is 5.95 Å². The minimum atomic E-state index is 0.0474. The number of aromatic nitrogens is 4. The van der Waals surface area contributed by atoms with Crippen molar-refractivity contribution in [1.29, 1.82) is 0 Å². The number of hydrogen-bond acceptors (Lipinski definition) is 6. The van der Waals surface area contributed by atoms with Crippen LogP contribution in [0.4, 0.5) is 5.95 Å². The molecule has 0 amide bonds. The van der Waals surface area contributed by atoms with Gasteiger partial charge >= 0.3 is 0 Å². The van der Waals surface area contributed by atoms with Crippen LogP contribution in [0.25, 0.3) is 11.2 Å². The van der Waals surface area contributed by atoms with Crippen LogP contribution in [0.3, 0.4) is 0 Å². The molecule has 102 valence electrons. The molecule has 0 radical (unpaired) electrons. The number of fused-ring (bicyclic) bond motifs is 1. The van der Waals surface area contributed by atoms with E-state index in [1.807, 2.05) is 24.3 Å². The molecule has 0 atom stereocenters. The molecule has 4 N–H and O–H groups in total. The van der Waals surface area contributed by atoms with Gasteiger partial charge in [-0.1, -0.05) is 18.2 Å². The molecule has 7 nitrogen and oxygen atoms in total. The van der Waals surface area contributed by atoms with Gasteiger partial charge in [0.25, 0.3) is 5.88 Å². The number of benzene rings is 1. The van der Waals surface area contributed by atoms with Gasteiger partial charge in [0, 0.05) is 6.61 Å². The number of aromatic amines is 1. The van der Waals surface area contributed by atoms with Crippen molar-refractivity contribution < 1.29 is 9.84 Å². The lowest BCUT2D eigenvalue weighted by Gasteiger charge is -2.10. The zero-order valence-corrected chi connectivity index (χ0v) is 10.6. The van der Waals surface area contributed by atoms with E-state index >= 15 is 0 Å². The van der Waals surface area contributed by atoms with Gasteiger partial charge in [-0.25, -0.2) is 4.98 Å². The third kappa shape index (κ3) is 2.26. The molecule has 2 aromatic heterocycles. The lowest BCUT2D eigenvalue weighted by Crippen LogP contribution is -2.00. The number of nitrogens with one attached hydrogen (secondary N) is 1. The zero-order valence-electron chi connectivity index (χ0n) is 10.6. The number of nitrogens with zero attached hydrogens (tertiary/aromatic N) is 3. The van der Waals surface area contributed by atoms with E-state index in [1.54, 1.807) is 0 Å². The molecular formula is C13H13N5O2. The predicted octanol–water partition coefficient (Wildman–Crippen LogP) is 1.26. The van der Waals surface area contributed by atoms with Gasteiger partial charge in [-0.05, 0) is 18.1 Å². The van der Waals surface area contributed by atoms with Gasteiger partial charge in [0.15, 0.2) is 5.65 Å². The Morgan fingerprint density at radius 3 is 2.95 bits per heavy atom. The Hall–Kier alpha value is -2.67. The van der Waals surface area contributed by atoms with E-state index < -0.39 is 0 Å². The van der Waals surface area contributed by atoms with Crippen LogP contribution in [0.15, 0.2) is 30.6 Å². The molecule has 0 bridgehead atoms. The Morgan fingerprint density at radius 1 is 1.25 bits per heavy atom. The van der Waals surface area contributed by atoms with Crippen molar-refractivity contribution in [3.63, 3.8) is 0 Å². The van der Waals surface area contributed by atoms with Crippen molar-refractivity contribution in [2.75, 3.05) is 12.3 Å². The number of hydrogen-bond donors (Lipinski definition) is 3. The first-order valence-corrected chi connectivity index (χ1v) is 6.11. The summed E-state index contributed by atoms with van der Waals surface area (Å²) in [7, 11) is 0. The molecule has 0 unspecified atom stereocenters. The first-order chi connectivity index (χ1) is 9.78. The average molecular weight is 271 g/mol. The van der Waals surface area contributed by atoms with Crippen LogP contribution in [0.1, 0.15) is 5.56 Å². The highest BCUT2D eigenvalue weighted by Gasteiger charge is 2.12. The van der Waals surface area contributed by atoms with Gasteiger partial charge in [-0.2, -0.15) is 9.97 Å². The van der Waals surface area contributed by atoms with Gasteiger partial charge in [0.1, 0.15) is 11.3 Å². The van der Waals surface area contributed by atoms with Crippen LogP contribution in [-0.2, 0) is 6.42 Å². The minimum absolute atomic E-state index is 0.0474. The summed E-state index contributed by atoms with van der Waals surface area (Å²) in [6.45, 7) is 0.0474. The Morgan fingerprint density at radius 2 is 2.10 bits per heavy atom. The molecule has 0 spiro atoms. The molecule has 1 aromatic carbocycles. The molecular weight excluding hydrogens is 258 g/mol. The lowest BCUT2D eigenvalue weighted by atomic mass is 10.1. The molecule has 0 aliphatic rings. The molecule has 20 heavy (non-hydrogen) atoms. The maximum absolute atomic E-state index is 9.08. The highest BCUT2D eigenvalue weighted by Crippen LogP contribution is 2.28. The van der Waals surface area contributed by atoms with Crippen LogP contribution in [0, 0.1) is 0 Å². The fourth-order valence-electron chi connectivity index (χ4n) is 1.93. The summed E-state index contributed by atoms with van der Waals surface area (Å²) < 4.78 is 5.80. The normalized spacial score (nSPS) is 10.8. The zero-order chi connectivity index (χ0) is 13.9. The van der Waals surface area contributed by atoms with E-state index in [0.29, 0.717) is 29.2 Å². The van der Waals surface area contributed by atoms with Crippen LogP contribution < -0.4 is 10.5 Å². The number of H-pyrrole nitrogens is 1. The summed E-state index contributed by atoms with van der Waals surface area (Å²) >= 11 is 0. The number of nitrogens with two attached hydrogens (primary N) is 1. The van der Waals surface area contributed by atoms with Crippen molar-refractivity contribution in [2.24, 2.45) is 0 Å². The van der Waals surface area contributed by atoms with E-state index in [2.05, 4.69) is 19.9 Å². The van der Waals surface area contributed by atoms with Crippen molar-refractivity contribution in [2.45, 2.75) is 6.42 Å². The summed E-state index contributed by atoms with van der Waals surface area (Å²) in [5.41, 5.74) is 7.56. The molecule has 7 heteroatoms. The van der Waals surface area contributed by atoms with Crippen molar-refractivity contribution in [3.8, 4) is 11.6 Å². The number of rotatable bonds is 4. The topological polar surface area (TPSA) is 110 Å². The second-order valence-electron chi connectivity index (χ2n) is 4.17. The number of aliphatic hydroxyl groups excluding tert-OH is 1. The monoisotopic (exact) mass is 271 g/mol. The number of anilines is 1. The Labute approximate surface area is 114 Å². The SMILES string of the molecule is Nc1nc(Oc2ccccc2CCO)c2[nH]cnc2n1. The second-order valence-corrected chi connectivity index (χ2v) is 4.17. The maximum Gasteiger partial charge on any atom is 0.250 e. The van der Waals surface area contributed by atoms with Gasteiger partial charge in [-0.15, -0.1) is 0 Å². The van der Waals surface area contributed by atoms with Crippen LogP contribution in [0.5, 0.6) is 11.6 Å². The summed E-state index contributed by atoms with van der Waals surface area (Å²) in [5, 5.41) is 9.08. The summed E-state index contributed by atoms with van der Waals surface area (Å²) in [6, 6.07) is 7.44. The van der Waals surface area contributed by atoms with Crippen molar-refractivity contribution in [3.05, 3.63) is 36.2 Å². The van der Waals surface area contributed by atoms with E-state index in [1.165, 1.54) is 6.33 Å². The molecule has 3 rings (SSSR count). The number of nitrogen functional groups attached to an aromatic ring is 1. The minimum Gasteiger partial charge on any atom is -0.437 e. The summed E-state index contributed by atoms with van der Waals surface area (Å²) in [6.07, 6.45) is 2.01. The Bertz CT molecular complexity index is 740. The van der Waals surface area contributed by atoms with Gasteiger partial charge in [0.05, 0.1) is 6.33 Å². The van der Waals surface area contributed by atoms with Gasteiger partial charge < -0.3 is 20.6 Å². The fraction of sp³-hybridized carbons (Fsp3) is 0.154. The van der Waals surface area contributed by atoms with Crippen molar-refractivity contribution >= 4 is 17.1 Å². The Balaban J connectivity index is 2.03. The standard InChI is InChI=1S/C13H13N5O2/c14-13-17-11-10(15-7-16-11)12(18-13)20-9-4-2-1-3-8(9)5-6-19/h1-4,7,19H,5-6H2,(H3,14,15,16,17,18). The molecule has 0 aliphatic carbocycles. The Kier molecular flexibility index (Phi) is 3.18. The van der Waals surface area contributed by atoms with Crippen LogP contribution in [-0.4, -0.2) is 31.6 Å². The fourth-order valence-corrected chi connectivity index (χ4v) is 1.93. The molecule has 0 saturated carbocycles. The smallest absolute Gasteiger partial charge is 0.250 e.